The lowest BCUT2D eigenvalue weighted by Crippen LogP contribution is -2.08. The number of carboxylic acid groups (broad SMARTS) is 1. The first-order valence-electron chi connectivity index (χ1n) is 4.07. The second kappa shape index (κ2) is 4.82. The highest BCUT2D eigenvalue weighted by Gasteiger charge is 2.18. The Hall–Kier alpha value is -0.790. The molecule has 0 aliphatic carbocycles. The molecule has 1 rings (SSSR count). The molecule has 1 heterocycles. The number of carboxylic acids is 1. The van der Waals surface area contributed by atoms with Crippen LogP contribution in [0.5, 0.6) is 0 Å². The molecule has 0 bridgehead atoms. The highest BCUT2D eigenvalue weighted by Crippen LogP contribution is 2.24. The molecule has 0 atom stereocenters. The number of hydrogen-bond acceptors (Lipinski definition) is 2. The van der Waals surface area contributed by atoms with Crippen LogP contribution >= 0.6 is 22.6 Å². The van der Waals surface area contributed by atoms with Crippen LogP contribution < -0.4 is 0 Å². The highest BCUT2D eigenvalue weighted by molar-refractivity contribution is 14.1. The van der Waals surface area contributed by atoms with E-state index < -0.39 is 24.5 Å². The lowest BCUT2D eigenvalue weighted by molar-refractivity contribution is -0.136. The largest absolute Gasteiger partial charge is 0.481 e. The van der Waals surface area contributed by atoms with Crippen molar-refractivity contribution in [2.75, 3.05) is 0 Å². The number of aliphatic carboxylic acids is 1. The molecule has 0 aliphatic rings. The minimum absolute atomic E-state index is 0.0791. The third-order valence-electron chi connectivity index (χ3n) is 1.81. The van der Waals surface area contributed by atoms with Gasteiger partial charge in [0.2, 0.25) is 0 Å². The van der Waals surface area contributed by atoms with Gasteiger partial charge in [0.1, 0.15) is 9.39 Å². The van der Waals surface area contributed by atoms with Crippen molar-refractivity contribution < 1.29 is 18.7 Å². The lowest BCUT2D eigenvalue weighted by Gasteiger charge is -2.08. The topological polar surface area (TPSA) is 50.2 Å². The molecule has 0 saturated carbocycles. The van der Waals surface area contributed by atoms with Gasteiger partial charge in [-0.1, -0.05) is 6.07 Å². The summed E-state index contributed by atoms with van der Waals surface area (Å²) < 4.78 is 25.5. The molecule has 0 saturated heterocycles. The van der Waals surface area contributed by atoms with Gasteiger partial charge < -0.3 is 5.11 Å². The first-order valence-corrected chi connectivity index (χ1v) is 5.15. The average molecular weight is 327 g/mol. The number of hydrogen-bond donors (Lipinski definition) is 1. The fraction of sp³-hybridized carbons (Fsp3) is 0.333. The van der Waals surface area contributed by atoms with E-state index in [-0.39, 0.29) is 5.56 Å². The number of aryl methyl sites for hydroxylation is 1. The van der Waals surface area contributed by atoms with E-state index in [4.69, 9.17) is 5.11 Å². The number of carbonyl (C=O) groups is 1. The Morgan fingerprint density at radius 1 is 1.67 bits per heavy atom. The number of pyridine rings is 1. The van der Waals surface area contributed by atoms with Crippen molar-refractivity contribution in [2.45, 2.75) is 19.8 Å². The zero-order chi connectivity index (χ0) is 11.6. The lowest BCUT2D eigenvalue weighted by atomic mass is 10.1. The van der Waals surface area contributed by atoms with Crippen molar-refractivity contribution in [3.05, 3.63) is 26.6 Å². The smallest absolute Gasteiger partial charge is 0.307 e. The Bertz CT molecular complexity index is 396. The molecule has 1 aromatic heterocycles. The molecule has 0 aromatic carbocycles. The fourth-order valence-electron chi connectivity index (χ4n) is 1.15. The van der Waals surface area contributed by atoms with Gasteiger partial charge in [0.05, 0.1) is 6.42 Å². The molecular formula is C9H8F2INO2. The SMILES string of the molecule is Cc1cc(CC(=O)O)c(C(F)F)nc1I. The van der Waals surface area contributed by atoms with Crippen LogP contribution in [0, 0.1) is 10.6 Å². The maximum absolute atomic E-state index is 12.5. The van der Waals surface area contributed by atoms with Crippen LogP contribution in [0.25, 0.3) is 0 Å². The third-order valence-corrected chi connectivity index (χ3v) is 2.90. The summed E-state index contributed by atoms with van der Waals surface area (Å²) in [6, 6.07) is 1.45. The van der Waals surface area contributed by atoms with Gasteiger partial charge in [-0.3, -0.25) is 4.79 Å². The van der Waals surface area contributed by atoms with E-state index in [0.29, 0.717) is 9.26 Å². The number of halogens is 3. The normalized spacial score (nSPS) is 10.7. The summed E-state index contributed by atoms with van der Waals surface area (Å²) in [5, 5.41) is 8.56. The first-order chi connectivity index (χ1) is 6.91. The number of nitrogens with zero attached hydrogens (tertiary/aromatic N) is 1. The van der Waals surface area contributed by atoms with Gasteiger partial charge in [0, 0.05) is 0 Å². The van der Waals surface area contributed by atoms with Crippen LogP contribution in [0.15, 0.2) is 6.07 Å². The van der Waals surface area contributed by atoms with Crippen LogP contribution in [0.1, 0.15) is 23.2 Å². The average Bonchev–Trinajstić information content (AvgIpc) is 2.09. The van der Waals surface area contributed by atoms with E-state index in [1.54, 1.807) is 6.92 Å². The molecular weight excluding hydrogens is 319 g/mol. The minimum atomic E-state index is -2.74. The van der Waals surface area contributed by atoms with Crippen molar-refractivity contribution in [3.8, 4) is 0 Å². The van der Waals surface area contributed by atoms with E-state index in [0.717, 1.165) is 0 Å². The Morgan fingerprint density at radius 2 is 2.27 bits per heavy atom. The van der Waals surface area contributed by atoms with Gasteiger partial charge in [0.15, 0.2) is 0 Å². The van der Waals surface area contributed by atoms with Gasteiger partial charge in [-0.15, -0.1) is 0 Å². The second-order valence-corrected chi connectivity index (χ2v) is 4.03. The van der Waals surface area contributed by atoms with Crippen molar-refractivity contribution in [2.24, 2.45) is 0 Å². The van der Waals surface area contributed by atoms with Gasteiger partial charge in [-0.25, -0.2) is 13.8 Å². The van der Waals surface area contributed by atoms with E-state index in [1.807, 2.05) is 22.6 Å². The fourth-order valence-corrected chi connectivity index (χ4v) is 1.57. The van der Waals surface area contributed by atoms with E-state index in [9.17, 15) is 13.6 Å². The predicted molar refractivity (Wildman–Crippen MR) is 58.0 cm³/mol. The molecule has 15 heavy (non-hydrogen) atoms. The summed E-state index contributed by atoms with van der Waals surface area (Å²) in [4.78, 5) is 14.2. The molecule has 1 aromatic rings. The highest BCUT2D eigenvalue weighted by atomic mass is 127. The van der Waals surface area contributed by atoms with Crippen molar-refractivity contribution in [1.82, 2.24) is 4.98 Å². The van der Waals surface area contributed by atoms with Crippen LogP contribution in [0.3, 0.4) is 0 Å². The van der Waals surface area contributed by atoms with Gasteiger partial charge in [-0.05, 0) is 40.6 Å². The van der Waals surface area contributed by atoms with Crippen LogP contribution in [0.2, 0.25) is 0 Å². The number of aromatic nitrogens is 1. The first kappa shape index (κ1) is 12.3. The Balaban J connectivity index is 3.21. The quantitative estimate of drug-likeness (QED) is 0.686. The van der Waals surface area contributed by atoms with E-state index in [2.05, 4.69) is 4.98 Å². The summed E-state index contributed by atoms with van der Waals surface area (Å²) in [7, 11) is 0. The van der Waals surface area contributed by atoms with Crippen LogP contribution in [0.4, 0.5) is 8.78 Å². The molecule has 0 fully saturated rings. The molecule has 0 amide bonds. The zero-order valence-corrected chi connectivity index (χ0v) is 9.96. The van der Waals surface area contributed by atoms with Gasteiger partial charge >= 0.3 is 5.97 Å². The molecule has 6 heteroatoms. The third kappa shape index (κ3) is 3.08. The molecule has 0 spiro atoms. The summed E-state index contributed by atoms with van der Waals surface area (Å²) in [5.74, 6) is -1.14. The van der Waals surface area contributed by atoms with Gasteiger partial charge in [0.25, 0.3) is 6.43 Å². The summed E-state index contributed by atoms with van der Waals surface area (Å²) >= 11 is 1.84. The van der Waals surface area contributed by atoms with Crippen molar-refractivity contribution in [3.63, 3.8) is 0 Å². The molecule has 0 unspecified atom stereocenters. The Labute approximate surface area is 98.7 Å². The van der Waals surface area contributed by atoms with E-state index >= 15 is 0 Å². The molecule has 0 aliphatic heterocycles. The zero-order valence-electron chi connectivity index (χ0n) is 7.80. The summed E-state index contributed by atoms with van der Waals surface area (Å²) in [6.45, 7) is 1.70. The monoisotopic (exact) mass is 327 g/mol. The molecule has 3 nitrogen and oxygen atoms in total. The molecule has 1 N–H and O–H groups in total. The van der Waals surface area contributed by atoms with Crippen LogP contribution in [-0.4, -0.2) is 16.1 Å². The summed E-state index contributed by atoms with van der Waals surface area (Å²) in [6.07, 6.45) is -3.17. The number of alkyl halides is 2. The Kier molecular flexibility index (Phi) is 3.95. The maximum atomic E-state index is 12.5. The standard InChI is InChI=1S/C9H8F2INO2/c1-4-2-5(3-6(14)15)7(8(10)11)13-9(4)12/h2,8H,3H2,1H3,(H,14,15). The van der Waals surface area contributed by atoms with E-state index in [1.165, 1.54) is 6.07 Å². The predicted octanol–water partition coefficient (Wildman–Crippen LogP) is 2.56. The van der Waals surface area contributed by atoms with Crippen molar-refractivity contribution >= 4 is 28.6 Å². The number of rotatable bonds is 3. The minimum Gasteiger partial charge on any atom is -0.481 e. The van der Waals surface area contributed by atoms with Crippen LogP contribution in [-0.2, 0) is 11.2 Å². The maximum Gasteiger partial charge on any atom is 0.307 e. The second-order valence-electron chi connectivity index (χ2n) is 3.01. The Morgan fingerprint density at radius 3 is 2.73 bits per heavy atom. The summed E-state index contributed by atoms with van der Waals surface area (Å²) in [5.41, 5.74) is 0.346. The van der Waals surface area contributed by atoms with Gasteiger partial charge in [-0.2, -0.15) is 0 Å². The molecule has 82 valence electrons. The molecule has 0 radical (unpaired) electrons. The van der Waals surface area contributed by atoms with Crippen molar-refractivity contribution in [1.29, 1.82) is 0 Å².